The Morgan fingerprint density at radius 2 is 2.10 bits per heavy atom. The van der Waals surface area contributed by atoms with E-state index in [1.165, 1.54) is 30.5 Å². The molecule has 4 nitrogen and oxygen atoms in total. The van der Waals surface area contributed by atoms with E-state index in [-0.39, 0.29) is 4.75 Å². The highest BCUT2D eigenvalue weighted by Crippen LogP contribution is 2.36. The minimum absolute atomic E-state index is 0.227. The molecule has 0 aliphatic carbocycles. The number of aliphatic imine (C=N–C) groups is 1. The van der Waals surface area contributed by atoms with Gasteiger partial charge >= 0.3 is 6.18 Å². The molecule has 1 heterocycles. The van der Waals surface area contributed by atoms with Gasteiger partial charge in [-0.2, -0.15) is 24.9 Å². The molecule has 1 saturated heterocycles. The first-order valence-corrected chi connectivity index (χ1v) is 8.06. The van der Waals surface area contributed by atoms with E-state index in [0.717, 1.165) is 6.54 Å². The summed E-state index contributed by atoms with van der Waals surface area (Å²) in [5.74, 6) is 1.83. The number of alkyl halides is 3. The molecule has 1 aliphatic heterocycles. The van der Waals surface area contributed by atoms with Crippen molar-refractivity contribution >= 4 is 17.7 Å². The third-order valence-corrected chi connectivity index (χ3v) is 4.93. The van der Waals surface area contributed by atoms with Crippen molar-refractivity contribution in [2.24, 2.45) is 4.99 Å². The van der Waals surface area contributed by atoms with Crippen molar-refractivity contribution < 1.29 is 13.2 Å². The monoisotopic (exact) mass is 326 g/mol. The van der Waals surface area contributed by atoms with E-state index >= 15 is 0 Å². The predicted octanol–water partition coefficient (Wildman–Crippen LogP) is 1.93. The second kappa shape index (κ2) is 8.12. The molecular formula is C13H25F3N4S. The standard InChI is InChI=1S/C13H25F3N4S/c1-12(5-4-8-21-12)9-19-11(17-2)18-6-7-20(3)10-13(14,15)16/h4-10H2,1-3H3,(H2,17,18,19). The maximum absolute atomic E-state index is 12.2. The number of hydrogen-bond acceptors (Lipinski definition) is 3. The molecule has 1 fully saturated rings. The molecule has 1 aliphatic rings. The van der Waals surface area contributed by atoms with Gasteiger partial charge in [-0.15, -0.1) is 0 Å². The van der Waals surface area contributed by atoms with Gasteiger partial charge in [-0.1, -0.05) is 0 Å². The fourth-order valence-electron chi connectivity index (χ4n) is 2.22. The summed E-state index contributed by atoms with van der Waals surface area (Å²) in [6.45, 7) is 2.88. The Morgan fingerprint density at radius 3 is 2.62 bits per heavy atom. The fraction of sp³-hybridized carbons (Fsp3) is 0.923. The molecule has 2 N–H and O–H groups in total. The van der Waals surface area contributed by atoms with Gasteiger partial charge in [0.2, 0.25) is 0 Å². The van der Waals surface area contributed by atoms with Crippen molar-refractivity contribution in [2.75, 3.05) is 46.0 Å². The van der Waals surface area contributed by atoms with E-state index in [9.17, 15) is 13.2 Å². The predicted molar refractivity (Wildman–Crippen MR) is 83.0 cm³/mol. The Morgan fingerprint density at radius 1 is 1.38 bits per heavy atom. The molecule has 0 aromatic carbocycles. The van der Waals surface area contributed by atoms with Crippen LogP contribution in [0, 0.1) is 0 Å². The minimum atomic E-state index is -4.15. The molecule has 0 amide bonds. The Kier molecular flexibility index (Phi) is 7.12. The van der Waals surface area contributed by atoms with Crippen LogP contribution in [0.25, 0.3) is 0 Å². The molecule has 1 unspecified atom stereocenters. The normalized spacial score (nSPS) is 23.7. The van der Waals surface area contributed by atoms with Gasteiger partial charge in [0.05, 0.1) is 6.54 Å². The average Bonchev–Trinajstić information content (AvgIpc) is 2.78. The summed E-state index contributed by atoms with van der Waals surface area (Å²) < 4.78 is 36.8. The van der Waals surface area contributed by atoms with Crippen molar-refractivity contribution in [2.45, 2.75) is 30.7 Å². The number of nitrogens with zero attached hydrogens (tertiary/aromatic N) is 2. The van der Waals surface area contributed by atoms with Crippen LogP contribution in [0.15, 0.2) is 4.99 Å². The molecule has 1 atom stereocenters. The first-order valence-electron chi connectivity index (χ1n) is 7.08. The van der Waals surface area contributed by atoms with Gasteiger partial charge < -0.3 is 10.6 Å². The molecule has 124 valence electrons. The van der Waals surface area contributed by atoms with Crippen LogP contribution in [0.3, 0.4) is 0 Å². The van der Waals surface area contributed by atoms with E-state index in [1.807, 2.05) is 11.8 Å². The van der Waals surface area contributed by atoms with E-state index in [4.69, 9.17) is 0 Å². The number of nitrogens with one attached hydrogen (secondary N) is 2. The van der Waals surface area contributed by atoms with E-state index < -0.39 is 12.7 Å². The maximum Gasteiger partial charge on any atom is 0.401 e. The zero-order valence-electron chi connectivity index (χ0n) is 12.9. The molecule has 0 aromatic heterocycles. The number of halogens is 3. The number of likely N-dealkylation sites (N-methyl/N-ethyl adjacent to an activating group) is 1. The summed E-state index contributed by atoms with van der Waals surface area (Å²) in [6.07, 6.45) is -1.74. The quantitative estimate of drug-likeness (QED) is 0.578. The van der Waals surface area contributed by atoms with Crippen LogP contribution >= 0.6 is 11.8 Å². The maximum atomic E-state index is 12.2. The smallest absolute Gasteiger partial charge is 0.355 e. The third-order valence-electron chi connectivity index (χ3n) is 3.39. The van der Waals surface area contributed by atoms with Gasteiger partial charge in [-0.05, 0) is 32.6 Å². The first-order chi connectivity index (χ1) is 9.74. The summed E-state index contributed by atoms with van der Waals surface area (Å²) in [5, 5.41) is 6.30. The van der Waals surface area contributed by atoms with Crippen LogP contribution in [0.1, 0.15) is 19.8 Å². The largest absolute Gasteiger partial charge is 0.401 e. The number of hydrogen-bond donors (Lipinski definition) is 2. The lowest BCUT2D eigenvalue weighted by molar-refractivity contribution is -0.142. The van der Waals surface area contributed by atoms with Crippen LogP contribution in [0.2, 0.25) is 0 Å². The highest BCUT2D eigenvalue weighted by molar-refractivity contribution is 8.00. The fourth-order valence-corrected chi connectivity index (χ4v) is 3.46. The molecule has 0 radical (unpaired) electrons. The van der Waals surface area contributed by atoms with Gasteiger partial charge in [0.15, 0.2) is 5.96 Å². The van der Waals surface area contributed by atoms with Crippen molar-refractivity contribution in [1.82, 2.24) is 15.5 Å². The van der Waals surface area contributed by atoms with Gasteiger partial charge in [-0.3, -0.25) is 9.89 Å². The zero-order valence-corrected chi connectivity index (χ0v) is 13.7. The molecule has 8 heteroatoms. The van der Waals surface area contributed by atoms with Crippen molar-refractivity contribution in [1.29, 1.82) is 0 Å². The highest BCUT2D eigenvalue weighted by atomic mass is 32.2. The van der Waals surface area contributed by atoms with E-state index in [2.05, 4.69) is 22.5 Å². The van der Waals surface area contributed by atoms with Crippen LogP contribution in [-0.4, -0.2) is 67.8 Å². The topological polar surface area (TPSA) is 39.7 Å². The SMILES string of the molecule is CN=C(NCCN(C)CC(F)(F)F)NCC1(C)CCCS1. The Labute approximate surface area is 128 Å². The molecule has 0 saturated carbocycles. The highest BCUT2D eigenvalue weighted by Gasteiger charge is 2.30. The van der Waals surface area contributed by atoms with Crippen molar-refractivity contribution in [3.8, 4) is 0 Å². The Bertz CT molecular complexity index is 341. The minimum Gasteiger partial charge on any atom is -0.355 e. The second-order valence-corrected chi connectivity index (χ2v) is 7.29. The first kappa shape index (κ1) is 18.4. The lowest BCUT2D eigenvalue weighted by atomic mass is 10.1. The summed E-state index contributed by atoms with van der Waals surface area (Å²) >= 11 is 1.95. The van der Waals surface area contributed by atoms with Crippen LogP contribution in [0.4, 0.5) is 13.2 Å². The van der Waals surface area contributed by atoms with Gasteiger partial charge in [0, 0.05) is 31.4 Å². The van der Waals surface area contributed by atoms with E-state index in [1.54, 1.807) is 7.05 Å². The van der Waals surface area contributed by atoms with Crippen molar-refractivity contribution in [3.63, 3.8) is 0 Å². The summed E-state index contributed by atoms with van der Waals surface area (Å²) in [4.78, 5) is 5.34. The third kappa shape index (κ3) is 7.80. The molecule has 0 spiro atoms. The summed E-state index contributed by atoms with van der Waals surface area (Å²) in [6, 6.07) is 0. The Hall–Kier alpha value is -0.630. The zero-order chi connectivity index (χ0) is 15.9. The number of rotatable bonds is 6. The van der Waals surface area contributed by atoms with Crippen LogP contribution < -0.4 is 10.6 Å². The lowest BCUT2D eigenvalue weighted by Crippen LogP contribution is -2.46. The average molecular weight is 326 g/mol. The van der Waals surface area contributed by atoms with Crippen LogP contribution in [-0.2, 0) is 0 Å². The van der Waals surface area contributed by atoms with Gasteiger partial charge in [0.1, 0.15) is 0 Å². The number of thioether (sulfide) groups is 1. The molecule has 21 heavy (non-hydrogen) atoms. The molecule has 0 aromatic rings. The van der Waals surface area contributed by atoms with Gasteiger partial charge in [-0.25, -0.2) is 0 Å². The number of guanidine groups is 1. The summed E-state index contributed by atoms with van der Waals surface area (Å²) in [5.41, 5.74) is 0. The van der Waals surface area contributed by atoms with Gasteiger partial charge in [0.25, 0.3) is 0 Å². The van der Waals surface area contributed by atoms with Crippen LogP contribution in [0.5, 0.6) is 0 Å². The van der Waals surface area contributed by atoms with Crippen molar-refractivity contribution in [3.05, 3.63) is 0 Å². The summed E-state index contributed by atoms with van der Waals surface area (Å²) in [7, 11) is 3.13. The molecule has 1 rings (SSSR count). The molecule has 0 bridgehead atoms. The lowest BCUT2D eigenvalue weighted by Gasteiger charge is -2.25. The second-order valence-electron chi connectivity index (χ2n) is 5.61. The molecular weight excluding hydrogens is 301 g/mol. The van der Waals surface area contributed by atoms with E-state index in [0.29, 0.717) is 19.0 Å². The Balaban J connectivity index is 2.22.